The molecule has 0 amide bonds. The number of aromatic nitrogens is 2. The SMILES string of the molecule is O=C(O)c1cnc(-c2cccs2)nc1NCc1ccco1. The number of carboxylic acids is 1. The summed E-state index contributed by atoms with van der Waals surface area (Å²) in [5, 5.41) is 14.1. The van der Waals surface area contributed by atoms with Gasteiger partial charge in [0, 0.05) is 6.20 Å². The van der Waals surface area contributed by atoms with Crippen LogP contribution in [0.15, 0.2) is 46.5 Å². The zero-order chi connectivity index (χ0) is 14.7. The highest BCUT2D eigenvalue weighted by Gasteiger charge is 2.15. The van der Waals surface area contributed by atoms with Crippen molar-refractivity contribution in [3.63, 3.8) is 0 Å². The third-order valence-electron chi connectivity index (χ3n) is 2.77. The average molecular weight is 301 g/mol. The summed E-state index contributed by atoms with van der Waals surface area (Å²) in [5.41, 5.74) is 0.0295. The number of hydrogen-bond acceptors (Lipinski definition) is 6. The molecular formula is C14H11N3O3S. The van der Waals surface area contributed by atoms with Gasteiger partial charge in [-0.1, -0.05) is 6.07 Å². The van der Waals surface area contributed by atoms with Crippen molar-refractivity contribution >= 4 is 23.1 Å². The molecular weight excluding hydrogens is 290 g/mol. The molecule has 0 aliphatic heterocycles. The van der Waals surface area contributed by atoms with Crippen molar-refractivity contribution in [1.29, 1.82) is 0 Å². The van der Waals surface area contributed by atoms with Gasteiger partial charge in [-0.25, -0.2) is 14.8 Å². The van der Waals surface area contributed by atoms with Crippen LogP contribution in [0.2, 0.25) is 0 Å². The van der Waals surface area contributed by atoms with Crippen LogP contribution in [0.25, 0.3) is 10.7 Å². The van der Waals surface area contributed by atoms with E-state index in [2.05, 4.69) is 15.3 Å². The number of anilines is 1. The Morgan fingerprint density at radius 1 is 1.38 bits per heavy atom. The molecule has 106 valence electrons. The van der Waals surface area contributed by atoms with E-state index >= 15 is 0 Å². The largest absolute Gasteiger partial charge is 0.477 e. The normalized spacial score (nSPS) is 10.5. The Morgan fingerprint density at radius 3 is 2.95 bits per heavy atom. The molecule has 3 rings (SSSR count). The molecule has 0 radical (unpaired) electrons. The topological polar surface area (TPSA) is 88.2 Å². The monoisotopic (exact) mass is 301 g/mol. The number of rotatable bonds is 5. The van der Waals surface area contributed by atoms with Crippen LogP contribution < -0.4 is 5.32 Å². The van der Waals surface area contributed by atoms with Crippen molar-refractivity contribution in [1.82, 2.24) is 9.97 Å². The Labute approximate surface area is 124 Å². The van der Waals surface area contributed by atoms with Crippen molar-refractivity contribution < 1.29 is 14.3 Å². The fourth-order valence-corrected chi connectivity index (χ4v) is 2.45. The lowest BCUT2D eigenvalue weighted by atomic mass is 10.3. The first-order valence-corrected chi connectivity index (χ1v) is 7.02. The molecule has 0 unspecified atom stereocenters. The second kappa shape index (κ2) is 5.76. The van der Waals surface area contributed by atoms with Crippen molar-refractivity contribution in [3.8, 4) is 10.7 Å². The molecule has 0 atom stereocenters. The molecule has 2 N–H and O–H groups in total. The molecule has 3 aromatic rings. The van der Waals surface area contributed by atoms with Gasteiger partial charge in [-0.05, 0) is 23.6 Å². The predicted molar refractivity (Wildman–Crippen MR) is 78.3 cm³/mol. The molecule has 3 heterocycles. The highest BCUT2D eigenvalue weighted by molar-refractivity contribution is 7.13. The Balaban J connectivity index is 1.91. The lowest BCUT2D eigenvalue weighted by Crippen LogP contribution is -2.09. The predicted octanol–water partition coefficient (Wildman–Crippen LogP) is 3.11. The molecule has 21 heavy (non-hydrogen) atoms. The first kappa shape index (κ1) is 13.3. The third kappa shape index (κ3) is 2.92. The highest BCUT2D eigenvalue weighted by Crippen LogP contribution is 2.23. The van der Waals surface area contributed by atoms with Gasteiger partial charge in [-0.3, -0.25) is 0 Å². The third-order valence-corrected chi connectivity index (χ3v) is 3.64. The zero-order valence-electron chi connectivity index (χ0n) is 10.8. The van der Waals surface area contributed by atoms with E-state index in [1.54, 1.807) is 18.4 Å². The molecule has 0 spiro atoms. The van der Waals surface area contributed by atoms with Gasteiger partial charge in [0.25, 0.3) is 0 Å². The van der Waals surface area contributed by atoms with Gasteiger partial charge >= 0.3 is 5.97 Å². The van der Waals surface area contributed by atoms with Crippen molar-refractivity contribution in [2.45, 2.75) is 6.54 Å². The smallest absolute Gasteiger partial charge is 0.341 e. The number of carboxylic acid groups (broad SMARTS) is 1. The molecule has 0 saturated carbocycles. The fourth-order valence-electron chi connectivity index (χ4n) is 1.78. The summed E-state index contributed by atoms with van der Waals surface area (Å²) >= 11 is 1.50. The second-order valence-electron chi connectivity index (χ2n) is 4.17. The maximum absolute atomic E-state index is 11.2. The number of thiophene rings is 1. The van der Waals surface area contributed by atoms with Crippen LogP contribution in [0.5, 0.6) is 0 Å². The van der Waals surface area contributed by atoms with Gasteiger partial charge in [0.15, 0.2) is 5.82 Å². The Bertz CT molecular complexity index is 739. The number of aromatic carboxylic acids is 1. The van der Waals surface area contributed by atoms with Crippen LogP contribution in [0.4, 0.5) is 5.82 Å². The average Bonchev–Trinajstić information content (AvgIpc) is 3.18. The summed E-state index contributed by atoms with van der Waals surface area (Å²) in [7, 11) is 0. The Kier molecular flexibility index (Phi) is 3.65. The number of carbonyl (C=O) groups is 1. The molecule has 0 aliphatic rings. The minimum absolute atomic E-state index is 0.0295. The minimum atomic E-state index is -1.07. The van der Waals surface area contributed by atoms with Crippen molar-refractivity contribution in [2.24, 2.45) is 0 Å². The van der Waals surface area contributed by atoms with Crippen molar-refractivity contribution in [3.05, 3.63) is 53.4 Å². The standard InChI is InChI=1S/C14H11N3O3S/c18-14(19)10-8-16-13(11-4-2-6-21-11)17-12(10)15-7-9-3-1-5-20-9/h1-6,8H,7H2,(H,18,19)(H,15,16,17). The number of furan rings is 1. The number of nitrogens with zero attached hydrogens (tertiary/aromatic N) is 2. The number of nitrogens with one attached hydrogen (secondary N) is 1. The van der Waals surface area contributed by atoms with Gasteiger partial charge in [0.1, 0.15) is 17.1 Å². The van der Waals surface area contributed by atoms with E-state index in [1.807, 2.05) is 17.5 Å². The molecule has 3 aromatic heterocycles. The molecule has 0 aromatic carbocycles. The van der Waals surface area contributed by atoms with Gasteiger partial charge in [0.05, 0.1) is 17.7 Å². The van der Waals surface area contributed by atoms with Crippen LogP contribution in [0.1, 0.15) is 16.1 Å². The summed E-state index contributed by atoms with van der Waals surface area (Å²) in [6.45, 7) is 0.355. The van der Waals surface area contributed by atoms with E-state index in [4.69, 9.17) is 4.42 Å². The van der Waals surface area contributed by atoms with E-state index in [0.29, 0.717) is 18.1 Å². The quantitative estimate of drug-likeness (QED) is 0.752. The summed E-state index contributed by atoms with van der Waals surface area (Å²) in [6.07, 6.45) is 2.88. The number of hydrogen-bond donors (Lipinski definition) is 2. The van der Waals surface area contributed by atoms with Crippen LogP contribution >= 0.6 is 11.3 Å². The van der Waals surface area contributed by atoms with Gasteiger partial charge in [0.2, 0.25) is 0 Å². The lowest BCUT2D eigenvalue weighted by Gasteiger charge is -2.08. The zero-order valence-corrected chi connectivity index (χ0v) is 11.6. The van der Waals surface area contributed by atoms with Crippen LogP contribution in [0.3, 0.4) is 0 Å². The van der Waals surface area contributed by atoms with Gasteiger partial charge in [-0.15, -0.1) is 11.3 Å². The van der Waals surface area contributed by atoms with E-state index in [-0.39, 0.29) is 11.4 Å². The molecule has 0 saturated heterocycles. The van der Waals surface area contributed by atoms with Crippen LogP contribution in [0, 0.1) is 0 Å². The first-order chi connectivity index (χ1) is 10.2. The van der Waals surface area contributed by atoms with E-state index in [0.717, 1.165) is 4.88 Å². The molecule has 0 fully saturated rings. The highest BCUT2D eigenvalue weighted by atomic mass is 32.1. The fraction of sp³-hybridized carbons (Fsp3) is 0.0714. The van der Waals surface area contributed by atoms with E-state index in [1.165, 1.54) is 17.5 Å². The summed E-state index contributed by atoms with van der Waals surface area (Å²) in [4.78, 5) is 20.5. The molecule has 0 aliphatic carbocycles. The van der Waals surface area contributed by atoms with Crippen molar-refractivity contribution in [2.75, 3.05) is 5.32 Å². The van der Waals surface area contributed by atoms with E-state index < -0.39 is 5.97 Å². The van der Waals surface area contributed by atoms with Gasteiger partial charge in [-0.2, -0.15) is 0 Å². The molecule has 7 heteroatoms. The minimum Gasteiger partial charge on any atom is -0.477 e. The second-order valence-corrected chi connectivity index (χ2v) is 5.12. The Hall–Kier alpha value is -2.67. The van der Waals surface area contributed by atoms with Crippen LogP contribution in [-0.2, 0) is 6.54 Å². The lowest BCUT2D eigenvalue weighted by molar-refractivity contribution is 0.0697. The maximum atomic E-state index is 11.2. The summed E-state index contributed by atoms with van der Waals surface area (Å²) in [5.74, 6) is 0.395. The first-order valence-electron chi connectivity index (χ1n) is 6.14. The Morgan fingerprint density at radius 2 is 2.29 bits per heavy atom. The maximum Gasteiger partial charge on any atom is 0.341 e. The summed E-state index contributed by atoms with van der Waals surface area (Å²) in [6, 6.07) is 7.35. The van der Waals surface area contributed by atoms with Crippen LogP contribution in [-0.4, -0.2) is 21.0 Å². The molecule has 0 bridgehead atoms. The van der Waals surface area contributed by atoms with E-state index in [9.17, 15) is 9.90 Å². The summed E-state index contributed by atoms with van der Waals surface area (Å²) < 4.78 is 5.21. The van der Waals surface area contributed by atoms with Gasteiger partial charge < -0.3 is 14.8 Å². The molecule has 6 nitrogen and oxygen atoms in total.